The lowest BCUT2D eigenvalue weighted by Gasteiger charge is -2.29. The Kier molecular flexibility index (Phi) is 6.10. The maximum atomic E-state index is 13.4. The van der Waals surface area contributed by atoms with Crippen molar-refractivity contribution in [2.45, 2.75) is 71.9 Å². The van der Waals surface area contributed by atoms with Gasteiger partial charge in [0.2, 0.25) is 5.95 Å². The lowest BCUT2D eigenvalue weighted by Crippen LogP contribution is -2.32. The molecule has 0 bridgehead atoms. The van der Waals surface area contributed by atoms with Crippen LogP contribution in [0.15, 0.2) is 47.5 Å². The molecule has 1 aliphatic heterocycles. The Balaban J connectivity index is 1.35. The molecule has 1 saturated carbocycles. The molecule has 198 valence electrons. The molecule has 8 nitrogen and oxygen atoms in total. The maximum Gasteiger partial charge on any atom is 0.278 e. The third kappa shape index (κ3) is 4.73. The van der Waals surface area contributed by atoms with Crippen molar-refractivity contribution in [3.8, 4) is 5.69 Å². The number of fused-ring (bicyclic) bond motifs is 2. The van der Waals surface area contributed by atoms with E-state index in [0.717, 1.165) is 42.5 Å². The van der Waals surface area contributed by atoms with Crippen molar-refractivity contribution in [3.05, 3.63) is 69.9 Å². The van der Waals surface area contributed by atoms with Gasteiger partial charge in [0.15, 0.2) is 5.65 Å². The minimum Gasteiger partial charge on any atom is -0.324 e. The highest BCUT2D eigenvalue weighted by molar-refractivity contribution is 5.77. The predicted molar refractivity (Wildman–Crippen MR) is 151 cm³/mol. The van der Waals surface area contributed by atoms with Crippen LogP contribution in [0.1, 0.15) is 70.3 Å². The van der Waals surface area contributed by atoms with Gasteiger partial charge in [0.25, 0.3) is 5.56 Å². The van der Waals surface area contributed by atoms with Gasteiger partial charge < -0.3 is 5.32 Å². The summed E-state index contributed by atoms with van der Waals surface area (Å²) in [6.45, 7) is 13.8. The zero-order valence-electron chi connectivity index (χ0n) is 23.0. The Hall–Kier alpha value is -3.52. The van der Waals surface area contributed by atoms with Crippen molar-refractivity contribution in [2.75, 3.05) is 18.4 Å². The molecule has 6 rings (SSSR count). The Bertz CT molecular complexity index is 1560. The van der Waals surface area contributed by atoms with Crippen molar-refractivity contribution >= 4 is 22.7 Å². The van der Waals surface area contributed by atoms with Gasteiger partial charge in [-0.25, -0.2) is 14.3 Å². The van der Waals surface area contributed by atoms with Crippen LogP contribution in [0.5, 0.6) is 0 Å². The summed E-state index contributed by atoms with van der Waals surface area (Å²) < 4.78 is 3.66. The number of hydrogen-bond donors (Lipinski definition) is 1. The zero-order chi connectivity index (χ0) is 26.6. The molecule has 1 aliphatic carbocycles. The molecule has 1 fully saturated rings. The minimum atomic E-state index is -0.120. The molecule has 3 aromatic heterocycles. The number of pyridine rings is 1. The van der Waals surface area contributed by atoms with Crippen LogP contribution in [-0.2, 0) is 18.4 Å². The fourth-order valence-electron chi connectivity index (χ4n) is 5.37. The van der Waals surface area contributed by atoms with Gasteiger partial charge in [0.1, 0.15) is 5.39 Å². The normalized spacial score (nSPS) is 16.3. The van der Waals surface area contributed by atoms with Gasteiger partial charge in [-0.1, -0.05) is 26.8 Å². The Morgan fingerprint density at radius 3 is 2.63 bits per heavy atom. The molecule has 2 aliphatic rings. The van der Waals surface area contributed by atoms with Gasteiger partial charge in [0.05, 0.1) is 5.69 Å². The summed E-state index contributed by atoms with van der Waals surface area (Å²) >= 11 is 0. The summed E-state index contributed by atoms with van der Waals surface area (Å²) in [7, 11) is 0. The van der Waals surface area contributed by atoms with E-state index in [1.54, 1.807) is 17.1 Å². The second-order valence-corrected chi connectivity index (χ2v) is 12.2. The number of benzene rings is 1. The van der Waals surface area contributed by atoms with Crippen molar-refractivity contribution in [1.82, 2.24) is 29.2 Å². The fourth-order valence-corrected chi connectivity index (χ4v) is 5.37. The first-order chi connectivity index (χ1) is 18.2. The van der Waals surface area contributed by atoms with Crippen LogP contribution < -0.4 is 10.9 Å². The lowest BCUT2D eigenvalue weighted by atomic mass is 9.91. The Labute approximate surface area is 223 Å². The summed E-state index contributed by atoms with van der Waals surface area (Å²) in [6.07, 6.45) is 7.29. The molecule has 0 saturated heterocycles. The molecule has 0 radical (unpaired) electrons. The zero-order valence-corrected chi connectivity index (χ0v) is 23.0. The number of anilines is 2. The van der Waals surface area contributed by atoms with E-state index >= 15 is 0 Å². The molecular formula is C30H37N7O. The van der Waals surface area contributed by atoms with Crippen molar-refractivity contribution in [2.24, 2.45) is 5.92 Å². The van der Waals surface area contributed by atoms with Crippen LogP contribution in [0.4, 0.5) is 11.6 Å². The first-order valence-corrected chi connectivity index (χ1v) is 13.8. The Morgan fingerprint density at radius 1 is 1.08 bits per heavy atom. The summed E-state index contributed by atoms with van der Waals surface area (Å²) in [5.74, 6) is 1.39. The quantitative estimate of drug-likeness (QED) is 0.375. The second-order valence-electron chi connectivity index (χ2n) is 12.2. The van der Waals surface area contributed by atoms with E-state index in [2.05, 4.69) is 59.2 Å². The molecule has 0 atom stereocenters. The first-order valence-electron chi connectivity index (χ1n) is 13.8. The summed E-state index contributed by atoms with van der Waals surface area (Å²) in [5, 5.41) is 3.90. The standard InChI is InChI=1S/C30H37N7O/c1-19(2)36-28(38)25-16-32-29(34-27(25)37(36)24-10-12-31-26(15-24)30(3,4)5)33-23-9-8-22-18-35(17-20-6-7-20)13-11-21(22)14-23/h8-10,12,14-16,19-20H,6-7,11,13,17-18H2,1-5H3,(H,32,33,34). The summed E-state index contributed by atoms with van der Waals surface area (Å²) in [6, 6.07) is 10.5. The van der Waals surface area contributed by atoms with Crippen LogP contribution in [0.2, 0.25) is 0 Å². The van der Waals surface area contributed by atoms with E-state index < -0.39 is 0 Å². The molecule has 0 unspecified atom stereocenters. The minimum absolute atomic E-state index is 0.0560. The SMILES string of the molecule is CC(C)n1c(=O)c2cnc(Nc3ccc4c(c3)CCN(CC3CC3)C4)nc2n1-c1ccnc(C(C)(C)C)c1. The van der Waals surface area contributed by atoms with Crippen LogP contribution in [-0.4, -0.2) is 42.3 Å². The number of rotatable bonds is 6. The van der Waals surface area contributed by atoms with Gasteiger partial charge >= 0.3 is 0 Å². The molecule has 0 spiro atoms. The molecule has 1 aromatic carbocycles. The fraction of sp³-hybridized carbons (Fsp3) is 0.467. The number of hydrogen-bond acceptors (Lipinski definition) is 6. The monoisotopic (exact) mass is 511 g/mol. The molecule has 38 heavy (non-hydrogen) atoms. The van der Waals surface area contributed by atoms with E-state index in [-0.39, 0.29) is 17.0 Å². The van der Waals surface area contributed by atoms with Crippen LogP contribution in [0, 0.1) is 5.92 Å². The van der Waals surface area contributed by atoms with Crippen molar-refractivity contribution in [3.63, 3.8) is 0 Å². The van der Waals surface area contributed by atoms with E-state index in [1.807, 2.05) is 30.7 Å². The smallest absolute Gasteiger partial charge is 0.278 e. The molecule has 1 N–H and O–H groups in total. The molecule has 0 amide bonds. The topological polar surface area (TPSA) is 80.9 Å². The van der Waals surface area contributed by atoms with Gasteiger partial charge in [0, 0.05) is 54.9 Å². The molecule has 4 aromatic rings. The number of nitrogens with zero attached hydrogens (tertiary/aromatic N) is 6. The predicted octanol–water partition coefficient (Wildman–Crippen LogP) is 5.37. The Morgan fingerprint density at radius 2 is 1.89 bits per heavy atom. The third-order valence-electron chi connectivity index (χ3n) is 7.64. The third-order valence-corrected chi connectivity index (χ3v) is 7.64. The van der Waals surface area contributed by atoms with E-state index in [4.69, 9.17) is 4.98 Å². The van der Waals surface area contributed by atoms with Crippen LogP contribution in [0.3, 0.4) is 0 Å². The van der Waals surface area contributed by atoms with E-state index in [0.29, 0.717) is 17.0 Å². The highest BCUT2D eigenvalue weighted by Crippen LogP contribution is 2.32. The molecule has 8 heteroatoms. The summed E-state index contributed by atoms with van der Waals surface area (Å²) in [5.41, 5.74) is 5.95. The van der Waals surface area contributed by atoms with Crippen LogP contribution in [0.25, 0.3) is 16.7 Å². The maximum absolute atomic E-state index is 13.4. The average molecular weight is 512 g/mol. The van der Waals surface area contributed by atoms with E-state index in [1.165, 1.54) is 30.5 Å². The number of nitrogens with one attached hydrogen (secondary N) is 1. The van der Waals surface area contributed by atoms with Crippen molar-refractivity contribution in [1.29, 1.82) is 0 Å². The highest BCUT2D eigenvalue weighted by Gasteiger charge is 2.26. The van der Waals surface area contributed by atoms with Crippen molar-refractivity contribution < 1.29 is 0 Å². The number of aromatic nitrogens is 5. The largest absolute Gasteiger partial charge is 0.324 e. The van der Waals surface area contributed by atoms with E-state index in [9.17, 15) is 4.79 Å². The first kappa shape index (κ1) is 24.8. The summed E-state index contributed by atoms with van der Waals surface area (Å²) in [4.78, 5) is 29.9. The van der Waals surface area contributed by atoms with Gasteiger partial charge in [-0.05, 0) is 74.4 Å². The lowest BCUT2D eigenvalue weighted by molar-refractivity contribution is 0.244. The highest BCUT2D eigenvalue weighted by atomic mass is 16.1. The molecular weight excluding hydrogens is 474 g/mol. The molecule has 4 heterocycles. The second kappa shape index (κ2) is 9.34. The van der Waals surface area contributed by atoms with Gasteiger partial charge in [-0.3, -0.25) is 14.7 Å². The van der Waals surface area contributed by atoms with Gasteiger partial charge in [-0.2, -0.15) is 4.98 Å². The average Bonchev–Trinajstić information content (AvgIpc) is 3.65. The van der Waals surface area contributed by atoms with Gasteiger partial charge in [-0.15, -0.1) is 0 Å². The van der Waals surface area contributed by atoms with Crippen LogP contribution >= 0.6 is 0 Å².